The van der Waals surface area contributed by atoms with Gasteiger partial charge < -0.3 is 15.3 Å². The van der Waals surface area contributed by atoms with E-state index in [0.717, 1.165) is 56.5 Å². The van der Waals surface area contributed by atoms with Gasteiger partial charge in [0.1, 0.15) is 5.82 Å². The average Bonchev–Trinajstić information content (AvgIpc) is 3.54. The van der Waals surface area contributed by atoms with Crippen LogP contribution in [0.5, 0.6) is 0 Å². The van der Waals surface area contributed by atoms with Crippen LogP contribution >= 0.6 is 0 Å². The first kappa shape index (κ1) is 19.7. The quantitative estimate of drug-likeness (QED) is 0.732. The maximum absolute atomic E-state index is 12.7. The number of benzene rings is 1. The first-order valence-electron chi connectivity index (χ1n) is 11.0. The fourth-order valence-electron chi connectivity index (χ4n) is 4.55. The highest BCUT2D eigenvalue weighted by Gasteiger charge is 2.35. The summed E-state index contributed by atoms with van der Waals surface area (Å²) in [7, 11) is 0. The second-order valence-corrected chi connectivity index (χ2v) is 8.79. The first-order chi connectivity index (χ1) is 15.1. The van der Waals surface area contributed by atoms with Crippen molar-refractivity contribution in [2.24, 2.45) is 11.8 Å². The smallest absolute Gasteiger partial charge is 0.225 e. The summed E-state index contributed by atoms with van der Waals surface area (Å²) in [5.41, 5.74) is 3.13. The first-order valence-corrected chi connectivity index (χ1v) is 11.0. The number of aromatic amines is 1. The molecule has 0 bridgehead atoms. The van der Waals surface area contributed by atoms with Gasteiger partial charge >= 0.3 is 0 Å². The highest BCUT2D eigenvalue weighted by molar-refractivity contribution is 6.44. The minimum Gasteiger partial charge on any atom is -0.342 e. The lowest BCUT2D eigenvalue weighted by Gasteiger charge is -2.32. The van der Waals surface area contributed by atoms with Gasteiger partial charge in [0.05, 0.1) is 5.71 Å². The molecule has 31 heavy (non-hydrogen) atoms. The zero-order chi connectivity index (χ0) is 21.4. The van der Waals surface area contributed by atoms with Crippen molar-refractivity contribution >= 4 is 28.5 Å². The average molecular weight is 415 g/mol. The Bertz CT molecular complexity index is 1090. The minimum absolute atomic E-state index is 0.114. The van der Waals surface area contributed by atoms with E-state index >= 15 is 0 Å². The maximum atomic E-state index is 12.7. The molecule has 3 aliphatic rings. The summed E-state index contributed by atoms with van der Waals surface area (Å²) in [6, 6.07) is 9.43. The van der Waals surface area contributed by atoms with E-state index in [-0.39, 0.29) is 17.4 Å². The lowest BCUT2D eigenvalue weighted by Crippen LogP contribution is -2.41. The van der Waals surface area contributed by atoms with Crippen LogP contribution in [0.15, 0.2) is 48.7 Å². The third-order valence-electron chi connectivity index (χ3n) is 6.35. The molecular formula is C25H26N4O2. The molecule has 0 spiro atoms. The van der Waals surface area contributed by atoms with Gasteiger partial charge in [-0.2, -0.15) is 0 Å². The van der Waals surface area contributed by atoms with Crippen molar-refractivity contribution in [3.05, 3.63) is 65.8 Å². The Morgan fingerprint density at radius 2 is 1.94 bits per heavy atom. The van der Waals surface area contributed by atoms with Crippen LogP contribution < -0.4 is 0 Å². The molecule has 1 unspecified atom stereocenters. The Hall–Kier alpha value is -3.28. The molecule has 5 rings (SSSR count). The molecule has 2 aliphatic carbocycles. The number of piperidine rings is 1. The number of H-pyrrole nitrogens is 1. The number of rotatable bonds is 5. The third kappa shape index (κ3) is 4.15. The molecular weight excluding hydrogens is 388 g/mol. The van der Waals surface area contributed by atoms with Crippen LogP contribution in [0.4, 0.5) is 0 Å². The van der Waals surface area contributed by atoms with E-state index in [2.05, 4.69) is 9.97 Å². The van der Waals surface area contributed by atoms with E-state index < -0.39 is 0 Å². The van der Waals surface area contributed by atoms with Crippen molar-refractivity contribution in [2.45, 2.75) is 32.1 Å². The van der Waals surface area contributed by atoms with Crippen LogP contribution in [0.3, 0.4) is 0 Å². The number of carbonyl (C=O) groups excluding carboxylic acids is 2. The fourth-order valence-corrected chi connectivity index (χ4v) is 4.55. The van der Waals surface area contributed by atoms with Crippen molar-refractivity contribution in [3.63, 3.8) is 0 Å². The van der Waals surface area contributed by atoms with Gasteiger partial charge in [0.25, 0.3) is 0 Å². The molecule has 1 aromatic heterocycles. The van der Waals surface area contributed by atoms with Crippen LogP contribution in [0.25, 0.3) is 11.1 Å². The van der Waals surface area contributed by atoms with Crippen LogP contribution in [-0.2, 0) is 16.0 Å². The van der Waals surface area contributed by atoms with E-state index in [1.807, 2.05) is 35.2 Å². The predicted molar refractivity (Wildman–Crippen MR) is 119 cm³/mol. The second-order valence-electron chi connectivity index (χ2n) is 8.79. The standard InChI is InChI=1S/C25H26N4O2/c26-22-12-20(17-6-2-1-3-7-17)23(30)13-21(22)24-27-14-19(28-24)11-16-5-4-10-29(15-16)25(31)18-8-9-18/h1-3,6-7,12-14,16,18,26H,4-5,8-11,15H2,(H,27,28). The maximum Gasteiger partial charge on any atom is 0.225 e. The molecule has 1 aromatic carbocycles. The number of nitrogens with zero attached hydrogens (tertiary/aromatic N) is 2. The van der Waals surface area contributed by atoms with Gasteiger partial charge in [-0.05, 0) is 55.7 Å². The Labute approximate surface area is 181 Å². The molecule has 0 radical (unpaired) electrons. The summed E-state index contributed by atoms with van der Waals surface area (Å²) < 4.78 is 0. The summed E-state index contributed by atoms with van der Waals surface area (Å²) in [6.45, 7) is 1.69. The molecule has 1 atom stereocenters. The van der Waals surface area contributed by atoms with Crippen LogP contribution in [0.1, 0.15) is 42.8 Å². The van der Waals surface area contributed by atoms with Gasteiger partial charge in [-0.25, -0.2) is 4.98 Å². The molecule has 2 aromatic rings. The summed E-state index contributed by atoms with van der Waals surface area (Å²) in [4.78, 5) is 34.9. The Balaban J connectivity index is 1.27. The molecule has 6 nitrogen and oxygen atoms in total. The SMILES string of the molecule is N=C1C=C(c2ccccc2)C(=O)C=C1c1ncc(CC2CCCN(C(=O)C3CC3)C2)[nH]1. The summed E-state index contributed by atoms with van der Waals surface area (Å²) in [6.07, 6.45) is 9.98. The van der Waals surface area contributed by atoms with Crippen molar-refractivity contribution in [1.29, 1.82) is 5.41 Å². The van der Waals surface area contributed by atoms with E-state index in [0.29, 0.717) is 28.8 Å². The highest BCUT2D eigenvalue weighted by Crippen LogP contribution is 2.33. The van der Waals surface area contributed by atoms with Crippen LogP contribution in [-0.4, -0.2) is 45.4 Å². The molecule has 2 fully saturated rings. The number of amides is 1. The van der Waals surface area contributed by atoms with Crippen molar-refractivity contribution < 1.29 is 9.59 Å². The van der Waals surface area contributed by atoms with Crippen molar-refractivity contribution in [2.75, 3.05) is 13.1 Å². The molecule has 158 valence electrons. The van der Waals surface area contributed by atoms with Crippen LogP contribution in [0.2, 0.25) is 0 Å². The van der Waals surface area contributed by atoms with Crippen molar-refractivity contribution in [3.8, 4) is 0 Å². The number of likely N-dealkylation sites (tertiary alicyclic amines) is 1. The number of nitrogens with one attached hydrogen (secondary N) is 2. The summed E-state index contributed by atoms with van der Waals surface area (Å²) in [5.74, 6) is 1.45. The summed E-state index contributed by atoms with van der Waals surface area (Å²) in [5, 5.41) is 8.43. The van der Waals surface area contributed by atoms with Crippen LogP contribution in [0, 0.1) is 17.2 Å². The molecule has 2 heterocycles. The van der Waals surface area contributed by atoms with E-state index in [1.165, 1.54) is 6.08 Å². The minimum atomic E-state index is -0.114. The van der Waals surface area contributed by atoms with E-state index in [4.69, 9.17) is 5.41 Å². The molecule has 1 saturated heterocycles. The molecule has 6 heteroatoms. The number of imidazole rings is 1. The molecule has 1 aliphatic heterocycles. The Kier molecular flexibility index (Phi) is 5.14. The summed E-state index contributed by atoms with van der Waals surface area (Å²) >= 11 is 0. The Morgan fingerprint density at radius 3 is 2.71 bits per heavy atom. The second kappa shape index (κ2) is 8.10. The number of carbonyl (C=O) groups is 2. The largest absolute Gasteiger partial charge is 0.342 e. The monoisotopic (exact) mass is 414 g/mol. The fraction of sp³-hybridized carbons (Fsp3) is 0.360. The van der Waals surface area contributed by atoms with Gasteiger partial charge in [0, 0.05) is 42.0 Å². The zero-order valence-corrected chi connectivity index (χ0v) is 17.4. The number of aromatic nitrogens is 2. The lowest BCUT2D eigenvalue weighted by molar-refractivity contribution is -0.134. The lowest BCUT2D eigenvalue weighted by atomic mass is 9.91. The predicted octanol–water partition coefficient (Wildman–Crippen LogP) is 3.67. The molecule has 1 amide bonds. The number of hydrogen-bond acceptors (Lipinski definition) is 4. The van der Waals surface area contributed by atoms with Gasteiger partial charge in [0.15, 0.2) is 5.78 Å². The van der Waals surface area contributed by atoms with E-state index in [9.17, 15) is 9.59 Å². The number of hydrogen-bond donors (Lipinski definition) is 2. The normalized spacial score (nSPS) is 21.7. The number of allylic oxidation sites excluding steroid dienone is 4. The van der Waals surface area contributed by atoms with Gasteiger partial charge in [-0.3, -0.25) is 9.59 Å². The number of ketones is 1. The zero-order valence-electron chi connectivity index (χ0n) is 17.4. The van der Waals surface area contributed by atoms with E-state index in [1.54, 1.807) is 12.3 Å². The van der Waals surface area contributed by atoms with Gasteiger partial charge in [-0.1, -0.05) is 30.3 Å². The van der Waals surface area contributed by atoms with Crippen molar-refractivity contribution in [1.82, 2.24) is 14.9 Å². The van der Waals surface area contributed by atoms with Gasteiger partial charge in [0.2, 0.25) is 5.91 Å². The highest BCUT2D eigenvalue weighted by atomic mass is 16.2. The molecule has 2 N–H and O–H groups in total. The van der Waals surface area contributed by atoms with Gasteiger partial charge in [-0.15, -0.1) is 0 Å². The Morgan fingerprint density at radius 1 is 1.13 bits per heavy atom. The third-order valence-corrected chi connectivity index (χ3v) is 6.35. The topological polar surface area (TPSA) is 89.9 Å². The molecule has 1 saturated carbocycles.